The number of anilines is 6. The molecule has 0 bridgehead atoms. The van der Waals surface area contributed by atoms with E-state index in [0.29, 0.717) is 63.0 Å². The van der Waals surface area contributed by atoms with E-state index >= 15 is 0 Å². The van der Waals surface area contributed by atoms with Crippen molar-refractivity contribution in [1.82, 2.24) is 49.3 Å². The molecule has 6 aliphatic heterocycles. The Kier molecular flexibility index (Phi) is 29.9. The number of nitrogens with zero attached hydrogens (tertiary/aromatic N) is 16. The predicted octanol–water partition coefficient (Wildman–Crippen LogP) is 26.2. The molecular formula is C117H87Ir3N16O7-15. The summed E-state index contributed by atoms with van der Waals surface area (Å²) in [5, 5.41) is 8.09. The molecule has 8 aromatic heterocycles. The Morgan fingerprint density at radius 2 is 0.545 bits per heavy atom. The minimum absolute atomic E-state index is 0. The van der Waals surface area contributed by atoms with E-state index in [2.05, 4.69) is 75.6 Å². The second-order valence-corrected chi connectivity index (χ2v) is 33.1. The molecule has 143 heavy (non-hydrogen) atoms. The second-order valence-electron chi connectivity index (χ2n) is 33.1. The van der Waals surface area contributed by atoms with Crippen LogP contribution in [0.5, 0.6) is 34.9 Å². The van der Waals surface area contributed by atoms with Crippen molar-refractivity contribution in [3.05, 3.63) is 466 Å². The monoisotopic (exact) mass is 2410 g/mol. The topological polar surface area (TPSA) is 171 Å². The number of hydrogen-bond donors (Lipinski definition) is 0. The van der Waals surface area contributed by atoms with Gasteiger partial charge in [-0.15, -0.1) is 197 Å². The molecule has 23 nitrogen and oxygen atoms in total. The van der Waals surface area contributed by atoms with E-state index in [0.717, 1.165) is 133 Å². The largest absolute Gasteiger partial charge is 0.512 e. The zero-order valence-corrected chi connectivity index (χ0v) is 85.3. The summed E-state index contributed by atoms with van der Waals surface area (Å²) in [7, 11) is 12.0. The van der Waals surface area contributed by atoms with Gasteiger partial charge >= 0.3 is 0 Å². The summed E-state index contributed by atoms with van der Waals surface area (Å²) in [6.45, 7) is 14.1. The summed E-state index contributed by atoms with van der Waals surface area (Å²) >= 11 is 0. The van der Waals surface area contributed by atoms with Gasteiger partial charge in [-0.3, -0.25) is 15.0 Å². The van der Waals surface area contributed by atoms with E-state index in [-0.39, 0.29) is 60.3 Å². The van der Waals surface area contributed by atoms with Gasteiger partial charge < -0.3 is 90.7 Å². The molecule has 0 aliphatic carbocycles. The van der Waals surface area contributed by atoms with E-state index in [1.165, 1.54) is 0 Å². The molecule has 20 aromatic rings. The number of para-hydroxylation sites is 3. The first kappa shape index (κ1) is 97.1. The molecule has 0 unspecified atom stereocenters. The molecule has 26 heteroatoms. The smallest absolute Gasteiger partial charge is 0.212 e. The minimum Gasteiger partial charge on any atom is -0.512 e. The van der Waals surface area contributed by atoms with Gasteiger partial charge in [0, 0.05) is 87.6 Å². The third-order valence-electron chi connectivity index (χ3n) is 22.9. The number of fused-ring (bicyclic) bond motifs is 12. The van der Waals surface area contributed by atoms with Crippen molar-refractivity contribution in [2.24, 2.45) is 0 Å². The molecule has 0 spiro atoms. The van der Waals surface area contributed by atoms with E-state index in [9.17, 15) is 0 Å². The number of rotatable bonds is 15. The number of benzene rings is 12. The Labute approximate surface area is 869 Å². The summed E-state index contributed by atoms with van der Waals surface area (Å²) in [6.07, 6.45) is 24.2. The van der Waals surface area contributed by atoms with Crippen molar-refractivity contribution >= 4 is 122 Å². The van der Waals surface area contributed by atoms with Gasteiger partial charge in [0.2, 0.25) is 23.4 Å². The summed E-state index contributed by atoms with van der Waals surface area (Å²) in [4.78, 5) is 42.7. The van der Waals surface area contributed by atoms with Crippen molar-refractivity contribution in [2.45, 2.75) is 6.92 Å². The summed E-state index contributed by atoms with van der Waals surface area (Å²) < 4.78 is 42.3. The average Bonchev–Trinajstić information content (AvgIpc) is 1.63. The van der Waals surface area contributed by atoms with Gasteiger partial charge in [0.25, 0.3) is 0 Å². The number of pyridine rings is 4. The Morgan fingerprint density at radius 1 is 0.245 bits per heavy atom. The van der Waals surface area contributed by atoms with Gasteiger partial charge in [-0.05, 0) is 189 Å². The normalized spacial score (nSPS) is 13.7. The van der Waals surface area contributed by atoms with Crippen LogP contribution in [-0.4, -0.2) is 91.6 Å². The van der Waals surface area contributed by atoms with Crippen LogP contribution in [0.2, 0.25) is 0 Å². The summed E-state index contributed by atoms with van der Waals surface area (Å²) in [5.74, 6) is 2.92. The molecule has 0 amide bonds. The molecule has 719 valence electrons. The number of furan rings is 4. The van der Waals surface area contributed by atoms with Gasteiger partial charge in [-0.1, -0.05) is 118 Å². The van der Waals surface area contributed by atoms with Gasteiger partial charge in [0.1, 0.15) is 16.7 Å². The zero-order valence-electron chi connectivity index (χ0n) is 78.1. The molecule has 0 N–H and O–H groups in total. The number of aryl methyl sites for hydroxylation is 1. The summed E-state index contributed by atoms with van der Waals surface area (Å²) in [6, 6.07) is 123. The van der Waals surface area contributed by atoms with Crippen LogP contribution in [0, 0.1) is 102 Å². The molecule has 12 aromatic carbocycles. The number of aromatic nitrogens is 4. The molecule has 3 radical (unpaired) electrons. The van der Waals surface area contributed by atoms with E-state index in [4.69, 9.17) is 36.9 Å². The first-order chi connectivity index (χ1) is 68.7. The Bertz CT molecular complexity index is 7750. The fourth-order valence-corrected chi connectivity index (χ4v) is 16.2. The van der Waals surface area contributed by atoms with Gasteiger partial charge in [0.15, 0.2) is 0 Å². The van der Waals surface area contributed by atoms with Crippen LogP contribution in [0.3, 0.4) is 0 Å². The fraction of sp³-hybridized carbons (Fsp3) is 0.0598. The van der Waals surface area contributed by atoms with Crippen LogP contribution < -0.4 is 43.6 Å². The quantitative estimate of drug-likeness (QED) is 0.0887. The number of ether oxygens (including phenoxy) is 3. The first-order valence-electron chi connectivity index (χ1n) is 45.0. The first-order valence-corrected chi connectivity index (χ1v) is 45.0. The predicted molar refractivity (Wildman–Crippen MR) is 551 cm³/mol. The van der Waals surface area contributed by atoms with Gasteiger partial charge in [-0.2, -0.15) is 94.6 Å². The van der Waals surface area contributed by atoms with Crippen molar-refractivity contribution in [3.8, 4) is 68.7 Å². The maximum atomic E-state index is 6.15. The maximum Gasteiger partial charge on any atom is 0.212 e. The van der Waals surface area contributed by atoms with E-state index < -0.39 is 0 Å². The molecule has 0 saturated heterocycles. The molecule has 0 atom stereocenters. The standard InChI is InChI=1S/C29H15NO3.C23H14N2O2.C23H13NO2.3C14H15N4.3Ir/c1-3-14-24-18(8-1)20-10-5-12-22(28(20)32-24)23-13-7-17-27(30-23)31-26-16-6-11-21-19-9-2-4-15-25(19)33-29(21)26;1-15-13-14-18-17-9-5-11-20(22(17)27-23(18)24-15)26-21-12-6-10-19(25-21)16-7-3-2-4-8-16;1-2-8-16(9-3-1)19-12-7-15-22(24-19)25-21-14-6-11-18-17-10-4-5-13-20(17)26-23(18)21;3*1-15-6-8-17(11-15)13-4-3-5-14(10-13)18-9-7-16(2)12-18;;;/h1-11,13-15,17H;2-7,9-10,12-14H,1H3;1-8,10-13,15H;3*3-9,11-12H,1-2H3;;;/q3*-2;3*-3;;;. The Hall–Kier alpha value is -16.2. The van der Waals surface area contributed by atoms with Crippen LogP contribution in [0.15, 0.2) is 383 Å². The minimum atomic E-state index is 0. The fourth-order valence-electron chi connectivity index (χ4n) is 16.2. The molecule has 6 aliphatic rings. The van der Waals surface area contributed by atoms with E-state index in [1.807, 2.05) is 508 Å². The summed E-state index contributed by atoms with van der Waals surface area (Å²) in [5.41, 5.74) is 17.8. The van der Waals surface area contributed by atoms with Crippen LogP contribution in [-0.2, 0) is 60.3 Å². The Morgan fingerprint density at radius 3 is 0.888 bits per heavy atom. The van der Waals surface area contributed by atoms with Gasteiger partial charge in [-0.25, -0.2) is 4.98 Å². The molecule has 0 saturated carbocycles. The van der Waals surface area contributed by atoms with Crippen molar-refractivity contribution < 1.29 is 92.2 Å². The van der Waals surface area contributed by atoms with Gasteiger partial charge in [0.05, 0.1) is 39.6 Å². The van der Waals surface area contributed by atoms with Crippen molar-refractivity contribution in [3.63, 3.8) is 0 Å². The zero-order chi connectivity index (χ0) is 94.9. The molecule has 14 heterocycles. The third-order valence-corrected chi connectivity index (χ3v) is 22.9. The molecular weight excluding hydrogens is 2320 g/mol. The Balaban J connectivity index is 0.000000114. The number of hydrogen-bond acceptors (Lipinski definition) is 23. The second kappa shape index (κ2) is 44.1. The third kappa shape index (κ3) is 22.0. The van der Waals surface area contributed by atoms with Crippen molar-refractivity contribution in [2.75, 3.05) is 71.7 Å². The van der Waals surface area contributed by atoms with E-state index in [1.54, 1.807) is 0 Å². The van der Waals surface area contributed by atoms with Crippen LogP contribution in [0.4, 0.5) is 34.1 Å². The van der Waals surface area contributed by atoms with Crippen LogP contribution in [0.1, 0.15) is 5.69 Å². The average molecular weight is 2410 g/mol. The SMILES string of the molecule is CN1C=CN(c2[c-]c(N3C=CN(C)[CH-]3)ccc2)[CH-]1.CN1C=CN(c2[c-]c(N3C=CN(C)[CH-]3)ccc2)[CH-]1.CN1C=CN(c2[c-]c(N3C=CN(C)[CH-]3)ccc2)[CH-]1.Cc1ccc2c(n1)oc1c(Oc3cccc(-c4[c-]cccc4)n3)[c-]ccc12.[Ir].[Ir].[Ir].[c-]1ccc2c(oc3ccccc32)c1Oc1cccc(-c2[c-]ccc3c2oc2ccccc23)n1.[c-]1ccccc1-c1cccc(Oc2[c-]ccc3c2oc2ccccc23)n1. The molecule has 26 rings (SSSR count). The van der Waals surface area contributed by atoms with Crippen LogP contribution >= 0.6 is 0 Å². The molecule has 0 fully saturated rings. The maximum absolute atomic E-state index is 6.15. The van der Waals surface area contributed by atoms with Crippen LogP contribution in [0.25, 0.3) is 122 Å². The van der Waals surface area contributed by atoms with Crippen molar-refractivity contribution in [1.29, 1.82) is 0 Å².